The van der Waals surface area contributed by atoms with Crippen LogP contribution in [0.25, 0.3) is 0 Å². The van der Waals surface area contributed by atoms with Crippen molar-refractivity contribution in [2.24, 2.45) is 0 Å². The maximum absolute atomic E-state index is 14.0. The zero-order valence-corrected chi connectivity index (χ0v) is 22.7. The van der Waals surface area contributed by atoms with Gasteiger partial charge < -0.3 is 15.3 Å². The van der Waals surface area contributed by atoms with Gasteiger partial charge in [-0.2, -0.15) is 0 Å². The first-order valence-corrected chi connectivity index (χ1v) is 14.1. The molecule has 2 N–H and O–H groups in total. The summed E-state index contributed by atoms with van der Waals surface area (Å²) in [6, 6.07) is 22.1. The minimum atomic E-state index is -0.633. The van der Waals surface area contributed by atoms with Crippen molar-refractivity contribution in [2.45, 2.75) is 62.6 Å². The summed E-state index contributed by atoms with van der Waals surface area (Å²) in [5, 5.41) is 14.2. The molecule has 1 saturated carbocycles. The number of carbonyl (C=O) groups is 2. The number of hydrogen-bond donors (Lipinski definition) is 2. The number of rotatable bonds is 7. The monoisotopic (exact) mass is 550 g/mol. The fraction of sp³-hybridized carbons (Fsp3) is 0.355. The molecule has 2 atom stereocenters. The molecule has 0 aromatic heterocycles. The van der Waals surface area contributed by atoms with Gasteiger partial charge in [0.15, 0.2) is 0 Å². The summed E-state index contributed by atoms with van der Waals surface area (Å²) >= 11 is 13.0. The molecule has 2 amide bonds. The average Bonchev–Trinajstić information content (AvgIpc) is 2.92. The van der Waals surface area contributed by atoms with Crippen molar-refractivity contribution in [1.82, 2.24) is 10.2 Å². The van der Waals surface area contributed by atoms with E-state index in [4.69, 9.17) is 23.2 Å². The van der Waals surface area contributed by atoms with Gasteiger partial charge in [-0.15, -0.1) is 0 Å². The fourth-order valence-corrected chi connectivity index (χ4v) is 6.42. The lowest BCUT2D eigenvalue weighted by Crippen LogP contribution is -2.52. The van der Waals surface area contributed by atoms with Gasteiger partial charge in [0.2, 0.25) is 5.91 Å². The number of aliphatic hydroxyl groups excluding tert-OH is 1. The molecule has 198 valence electrons. The lowest BCUT2D eigenvalue weighted by Gasteiger charge is -2.47. The molecular weight excluding hydrogens is 519 g/mol. The first-order chi connectivity index (χ1) is 18.4. The molecule has 7 heteroatoms. The van der Waals surface area contributed by atoms with Crippen LogP contribution in [0.15, 0.2) is 72.8 Å². The van der Waals surface area contributed by atoms with E-state index >= 15 is 0 Å². The number of halogens is 2. The summed E-state index contributed by atoms with van der Waals surface area (Å²) in [7, 11) is 0. The highest BCUT2D eigenvalue weighted by Crippen LogP contribution is 2.47. The molecule has 0 saturated heterocycles. The van der Waals surface area contributed by atoms with Crippen molar-refractivity contribution in [1.29, 1.82) is 0 Å². The third-order valence-electron chi connectivity index (χ3n) is 7.78. The second-order valence-electron chi connectivity index (χ2n) is 10.2. The Morgan fingerprint density at radius 1 is 0.921 bits per heavy atom. The van der Waals surface area contributed by atoms with Crippen LogP contribution in [0.5, 0.6) is 0 Å². The standard InChI is InChI=1S/C31H32Cl2N2O3/c32-21-12-17-26(27(33)19-21)29-28(30(37)34-18-6-9-20-7-2-1-3-8-20)24-10-4-5-11-25(24)31(38)35(29)22-13-15-23(36)16-14-22/h1-5,7-8,10-12,17,19,22-23,28-29,36H,6,9,13-16,18H2,(H,34,37)/t22-,23-,28-,29+/m1/s1. The average molecular weight is 552 g/mol. The first kappa shape index (κ1) is 26.7. The topological polar surface area (TPSA) is 69.6 Å². The largest absolute Gasteiger partial charge is 0.393 e. The van der Waals surface area contributed by atoms with E-state index in [0.29, 0.717) is 59.0 Å². The van der Waals surface area contributed by atoms with Gasteiger partial charge in [-0.1, -0.05) is 77.8 Å². The van der Waals surface area contributed by atoms with Gasteiger partial charge in [-0.25, -0.2) is 0 Å². The molecule has 0 unspecified atom stereocenters. The quantitative estimate of drug-likeness (QED) is 0.338. The van der Waals surface area contributed by atoms with E-state index in [1.165, 1.54) is 5.56 Å². The smallest absolute Gasteiger partial charge is 0.254 e. The fourth-order valence-electron chi connectivity index (χ4n) is 5.90. The number of hydrogen-bond acceptors (Lipinski definition) is 3. The van der Waals surface area contributed by atoms with Gasteiger partial charge in [-0.3, -0.25) is 9.59 Å². The molecule has 1 heterocycles. The highest BCUT2D eigenvalue weighted by molar-refractivity contribution is 6.35. The lowest BCUT2D eigenvalue weighted by molar-refractivity contribution is -0.124. The zero-order chi connectivity index (χ0) is 26.6. The van der Waals surface area contributed by atoms with Crippen molar-refractivity contribution in [2.75, 3.05) is 6.54 Å². The molecule has 1 aliphatic heterocycles. The van der Waals surface area contributed by atoms with Crippen LogP contribution in [0.1, 0.15) is 71.1 Å². The van der Waals surface area contributed by atoms with Gasteiger partial charge in [0.1, 0.15) is 0 Å². The lowest BCUT2D eigenvalue weighted by atomic mass is 9.77. The number of nitrogens with zero attached hydrogens (tertiary/aromatic N) is 1. The van der Waals surface area contributed by atoms with Crippen molar-refractivity contribution < 1.29 is 14.7 Å². The van der Waals surface area contributed by atoms with Crippen LogP contribution in [-0.2, 0) is 11.2 Å². The maximum atomic E-state index is 14.0. The van der Waals surface area contributed by atoms with Gasteiger partial charge in [0.05, 0.1) is 18.1 Å². The van der Waals surface area contributed by atoms with Gasteiger partial charge in [0.25, 0.3) is 5.91 Å². The molecule has 3 aromatic rings. The second kappa shape index (κ2) is 11.9. The molecule has 1 aliphatic carbocycles. The van der Waals surface area contributed by atoms with E-state index in [-0.39, 0.29) is 24.0 Å². The Morgan fingerprint density at radius 2 is 1.63 bits per heavy atom. The highest BCUT2D eigenvalue weighted by atomic mass is 35.5. The molecule has 5 nitrogen and oxygen atoms in total. The van der Waals surface area contributed by atoms with Crippen molar-refractivity contribution in [3.05, 3.63) is 105 Å². The van der Waals surface area contributed by atoms with Crippen LogP contribution in [0, 0.1) is 0 Å². The van der Waals surface area contributed by atoms with E-state index in [1.807, 2.05) is 47.4 Å². The van der Waals surface area contributed by atoms with E-state index in [2.05, 4.69) is 17.4 Å². The molecule has 38 heavy (non-hydrogen) atoms. The Balaban J connectivity index is 1.50. The minimum Gasteiger partial charge on any atom is -0.393 e. The van der Waals surface area contributed by atoms with Crippen LogP contribution in [-0.4, -0.2) is 40.5 Å². The molecule has 0 spiro atoms. The number of fused-ring (bicyclic) bond motifs is 1. The summed E-state index contributed by atoms with van der Waals surface area (Å²) in [6.07, 6.45) is 3.88. The van der Waals surface area contributed by atoms with Crippen LogP contribution < -0.4 is 5.32 Å². The van der Waals surface area contributed by atoms with Gasteiger partial charge in [0, 0.05) is 28.2 Å². The van der Waals surface area contributed by atoms with E-state index < -0.39 is 12.0 Å². The molecule has 1 fully saturated rings. The van der Waals surface area contributed by atoms with Crippen LogP contribution in [0.2, 0.25) is 10.0 Å². The van der Waals surface area contributed by atoms with Crippen molar-refractivity contribution >= 4 is 35.0 Å². The molecule has 0 radical (unpaired) electrons. The second-order valence-corrected chi connectivity index (χ2v) is 11.1. The summed E-state index contributed by atoms with van der Waals surface area (Å²) in [5.74, 6) is -0.868. The summed E-state index contributed by atoms with van der Waals surface area (Å²) in [4.78, 5) is 29.8. The minimum absolute atomic E-state index is 0.105. The van der Waals surface area contributed by atoms with E-state index in [0.717, 1.165) is 12.8 Å². The Morgan fingerprint density at radius 3 is 2.37 bits per heavy atom. The summed E-state index contributed by atoms with van der Waals surface area (Å²) in [5.41, 5.74) is 3.19. The number of carbonyl (C=O) groups excluding carboxylic acids is 2. The highest BCUT2D eigenvalue weighted by Gasteiger charge is 2.47. The molecule has 0 bridgehead atoms. The van der Waals surface area contributed by atoms with E-state index in [9.17, 15) is 14.7 Å². The number of amides is 2. The van der Waals surface area contributed by atoms with Crippen molar-refractivity contribution in [3.8, 4) is 0 Å². The molecular formula is C31H32Cl2N2O3. The van der Waals surface area contributed by atoms with Crippen LogP contribution in [0.4, 0.5) is 0 Å². The Kier molecular flexibility index (Phi) is 8.37. The Bertz CT molecular complexity index is 1290. The number of aryl methyl sites for hydroxylation is 1. The number of aliphatic hydroxyl groups is 1. The first-order valence-electron chi connectivity index (χ1n) is 13.3. The summed E-state index contributed by atoms with van der Waals surface area (Å²) in [6.45, 7) is 0.525. The van der Waals surface area contributed by atoms with Gasteiger partial charge >= 0.3 is 0 Å². The SMILES string of the molecule is O=C(NCCCc1ccccc1)[C@@H]1c2ccccc2C(=O)N([C@H]2CC[C@H](O)CC2)[C@H]1c1ccc(Cl)cc1Cl. The maximum Gasteiger partial charge on any atom is 0.254 e. The third-order valence-corrected chi connectivity index (χ3v) is 8.35. The van der Waals surface area contributed by atoms with E-state index in [1.54, 1.807) is 18.2 Å². The van der Waals surface area contributed by atoms with Crippen LogP contribution >= 0.6 is 23.2 Å². The predicted octanol–water partition coefficient (Wildman–Crippen LogP) is 6.33. The predicted molar refractivity (Wildman–Crippen MR) is 151 cm³/mol. The Labute approximate surface area is 233 Å². The van der Waals surface area contributed by atoms with Gasteiger partial charge in [-0.05, 0) is 73.4 Å². The van der Waals surface area contributed by atoms with Crippen molar-refractivity contribution in [3.63, 3.8) is 0 Å². The zero-order valence-electron chi connectivity index (χ0n) is 21.2. The number of benzene rings is 3. The normalized spacial score (nSPS) is 23.1. The number of nitrogens with one attached hydrogen (secondary N) is 1. The third kappa shape index (κ3) is 5.61. The molecule has 5 rings (SSSR count). The molecule has 2 aliphatic rings. The Hall–Kier alpha value is -2.86. The summed E-state index contributed by atoms with van der Waals surface area (Å²) < 4.78 is 0. The van der Waals surface area contributed by atoms with Crippen LogP contribution in [0.3, 0.4) is 0 Å². The molecule has 3 aromatic carbocycles.